The van der Waals surface area contributed by atoms with E-state index >= 15 is 0 Å². The first-order valence-corrected chi connectivity index (χ1v) is 11.2. The van der Waals surface area contributed by atoms with Crippen molar-refractivity contribution in [2.75, 3.05) is 6.61 Å². The smallest absolute Gasteiger partial charge is 0.261 e. The zero-order chi connectivity index (χ0) is 18.6. The Bertz CT molecular complexity index is 842. The Morgan fingerprint density at radius 1 is 1.11 bits per heavy atom. The van der Waals surface area contributed by atoms with E-state index in [1.54, 1.807) is 6.07 Å². The lowest BCUT2D eigenvalue weighted by molar-refractivity contribution is 0.251. The van der Waals surface area contributed by atoms with Crippen LogP contribution in [-0.2, 0) is 5.75 Å². The minimum absolute atomic E-state index is 0.0228. The van der Waals surface area contributed by atoms with Crippen LogP contribution < -0.4 is 10.3 Å². The van der Waals surface area contributed by atoms with Gasteiger partial charge in [-0.2, -0.15) is 11.8 Å². The van der Waals surface area contributed by atoms with E-state index in [0.29, 0.717) is 40.6 Å². The van der Waals surface area contributed by atoms with E-state index in [4.69, 9.17) is 4.74 Å². The van der Waals surface area contributed by atoms with E-state index in [-0.39, 0.29) is 5.39 Å². The minimum Gasteiger partial charge on any atom is -0.493 e. The number of rotatable bonds is 6. The van der Waals surface area contributed by atoms with Crippen LogP contribution in [0.5, 0.6) is 5.75 Å². The van der Waals surface area contributed by atoms with Crippen LogP contribution >= 0.6 is 11.8 Å². The number of fused-ring (bicyclic) bond motifs is 1. The predicted molar refractivity (Wildman–Crippen MR) is 108 cm³/mol. The molecule has 146 valence electrons. The molecular formula is C21H27FN2O2S. The van der Waals surface area contributed by atoms with Gasteiger partial charge in [-0.3, -0.25) is 4.79 Å². The van der Waals surface area contributed by atoms with Crippen molar-refractivity contribution in [3.8, 4) is 5.75 Å². The van der Waals surface area contributed by atoms with E-state index in [1.165, 1.54) is 63.9 Å². The lowest BCUT2D eigenvalue weighted by Crippen LogP contribution is -2.15. The maximum absolute atomic E-state index is 14.5. The molecule has 0 saturated heterocycles. The van der Waals surface area contributed by atoms with E-state index in [2.05, 4.69) is 9.97 Å². The highest BCUT2D eigenvalue weighted by Crippen LogP contribution is 2.30. The average Bonchev–Trinajstić information content (AvgIpc) is 3.19. The van der Waals surface area contributed by atoms with Gasteiger partial charge in [0.25, 0.3) is 5.56 Å². The summed E-state index contributed by atoms with van der Waals surface area (Å²) in [6.45, 7) is 0.610. The van der Waals surface area contributed by atoms with Gasteiger partial charge in [0, 0.05) is 17.4 Å². The van der Waals surface area contributed by atoms with Gasteiger partial charge in [0.05, 0.1) is 17.9 Å². The van der Waals surface area contributed by atoms with Crippen LogP contribution in [0, 0.1) is 11.7 Å². The number of hydrogen-bond acceptors (Lipinski definition) is 4. The molecule has 1 N–H and O–H groups in total. The molecule has 0 radical (unpaired) electrons. The Balaban J connectivity index is 1.50. The SMILES string of the molecule is O=c1[nH]c(CSC2CCCCC2)nc2cc(OCC3CCCC3)cc(F)c12. The topological polar surface area (TPSA) is 55.0 Å². The number of aromatic amines is 1. The van der Waals surface area contributed by atoms with Gasteiger partial charge in [-0.05, 0) is 31.6 Å². The minimum atomic E-state index is -0.561. The zero-order valence-corrected chi connectivity index (χ0v) is 16.5. The number of thioether (sulfide) groups is 1. The van der Waals surface area contributed by atoms with Crippen LogP contribution in [0.4, 0.5) is 4.39 Å². The Kier molecular flexibility index (Phi) is 6.01. The van der Waals surface area contributed by atoms with Crippen molar-refractivity contribution in [1.82, 2.24) is 9.97 Å². The molecule has 0 aliphatic heterocycles. The second kappa shape index (κ2) is 8.63. The summed E-state index contributed by atoms with van der Waals surface area (Å²) in [5, 5.41) is 0.659. The molecular weight excluding hydrogens is 363 g/mol. The summed E-state index contributed by atoms with van der Waals surface area (Å²) in [6.07, 6.45) is 11.2. The van der Waals surface area contributed by atoms with Gasteiger partial charge < -0.3 is 9.72 Å². The molecule has 27 heavy (non-hydrogen) atoms. The Morgan fingerprint density at radius 2 is 1.85 bits per heavy atom. The average molecular weight is 391 g/mol. The first-order chi connectivity index (χ1) is 13.2. The molecule has 2 aliphatic carbocycles. The van der Waals surface area contributed by atoms with Gasteiger partial charge in [0.2, 0.25) is 0 Å². The van der Waals surface area contributed by atoms with E-state index < -0.39 is 11.4 Å². The van der Waals surface area contributed by atoms with E-state index in [9.17, 15) is 9.18 Å². The Hall–Kier alpha value is -1.56. The zero-order valence-electron chi connectivity index (χ0n) is 15.6. The summed E-state index contributed by atoms with van der Waals surface area (Å²) >= 11 is 1.85. The number of H-pyrrole nitrogens is 1. The molecule has 2 aromatic rings. The number of nitrogens with zero attached hydrogens (tertiary/aromatic N) is 1. The monoisotopic (exact) mass is 390 g/mol. The fourth-order valence-corrected chi connectivity index (χ4v) is 5.42. The largest absolute Gasteiger partial charge is 0.493 e. The Morgan fingerprint density at radius 3 is 2.63 bits per heavy atom. The number of ether oxygens (including phenoxy) is 1. The van der Waals surface area contributed by atoms with Gasteiger partial charge in [-0.15, -0.1) is 0 Å². The quantitative estimate of drug-likeness (QED) is 0.737. The van der Waals surface area contributed by atoms with Gasteiger partial charge in [0.1, 0.15) is 22.8 Å². The molecule has 1 aromatic heterocycles. The van der Waals surface area contributed by atoms with Crippen molar-refractivity contribution in [2.45, 2.75) is 68.8 Å². The van der Waals surface area contributed by atoms with Crippen LogP contribution in [-0.4, -0.2) is 21.8 Å². The first kappa shape index (κ1) is 18.8. The van der Waals surface area contributed by atoms with Gasteiger partial charge in [-0.25, -0.2) is 9.37 Å². The molecule has 6 heteroatoms. The van der Waals surface area contributed by atoms with Crippen molar-refractivity contribution < 1.29 is 9.13 Å². The second-order valence-corrected chi connectivity index (χ2v) is 9.13. The molecule has 1 heterocycles. The maximum atomic E-state index is 14.5. The van der Waals surface area contributed by atoms with Gasteiger partial charge in [0.15, 0.2) is 0 Å². The van der Waals surface area contributed by atoms with Crippen LogP contribution in [0.2, 0.25) is 0 Å². The summed E-state index contributed by atoms with van der Waals surface area (Å²) in [4.78, 5) is 19.6. The molecule has 0 unspecified atom stereocenters. The van der Waals surface area contributed by atoms with Crippen molar-refractivity contribution in [3.05, 3.63) is 34.1 Å². The number of aromatic nitrogens is 2. The molecule has 1 aromatic carbocycles. The summed E-state index contributed by atoms with van der Waals surface area (Å²) in [5.74, 6) is 1.74. The molecule has 2 aliphatic rings. The molecule has 4 rings (SSSR count). The highest BCUT2D eigenvalue weighted by molar-refractivity contribution is 7.99. The predicted octanol–water partition coefficient (Wildman–Crippen LogP) is 5.20. The second-order valence-electron chi connectivity index (χ2n) is 7.84. The summed E-state index contributed by atoms with van der Waals surface area (Å²) in [6, 6.07) is 3.02. The molecule has 0 spiro atoms. The third-order valence-electron chi connectivity index (χ3n) is 5.75. The van der Waals surface area contributed by atoms with Crippen molar-refractivity contribution in [1.29, 1.82) is 0 Å². The third kappa shape index (κ3) is 4.65. The van der Waals surface area contributed by atoms with E-state index in [1.807, 2.05) is 11.8 Å². The number of nitrogens with one attached hydrogen (secondary N) is 1. The molecule has 0 atom stereocenters. The number of benzene rings is 1. The summed E-state index contributed by atoms with van der Waals surface area (Å²) in [7, 11) is 0. The van der Waals surface area contributed by atoms with Crippen molar-refractivity contribution in [2.24, 2.45) is 5.92 Å². The van der Waals surface area contributed by atoms with E-state index in [0.717, 1.165) is 0 Å². The molecule has 4 nitrogen and oxygen atoms in total. The third-order valence-corrected chi connectivity index (χ3v) is 7.13. The molecule has 2 saturated carbocycles. The summed E-state index contributed by atoms with van der Waals surface area (Å²) in [5.41, 5.74) is -0.0153. The number of halogens is 1. The molecule has 0 amide bonds. The first-order valence-electron chi connectivity index (χ1n) is 10.2. The van der Waals surface area contributed by atoms with Crippen molar-refractivity contribution in [3.63, 3.8) is 0 Å². The van der Waals surface area contributed by atoms with Crippen LogP contribution in [0.15, 0.2) is 16.9 Å². The molecule has 2 fully saturated rings. The standard InChI is InChI=1S/C21H27FN2O2S/c22-17-10-15(26-12-14-6-4-5-7-14)11-18-20(17)21(25)24-19(23-18)13-27-16-8-2-1-3-9-16/h10-11,14,16H,1-9,12-13H2,(H,23,24,25). The summed E-state index contributed by atoms with van der Waals surface area (Å²) < 4.78 is 20.3. The Labute approximate surface area is 163 Å². The maximum Gasteiger partial charge on any atom is 0.261 e. The van der Waals surface area contributed by atoms with Crippen LogP contribution in [0.25, 0.3) is 10.9 Å². The highest BCUT2D eigenvalue weighted by atomic mass is 32.2. The molecule has 0 bridgehead atoms. The van der Waals surface area contributed by atoms with Crippen LogP contribution in [0.1, 0.15) is 63.6 Å². The lowest BCUT2D eigenvalue weighted by atomic mass is 10.0. The fourth-order valence-electron chi connectivity index (χ4n) is 4.22. The van der Waals surface area contributed by atoms with Crippen LogP contribution in [0.3, 0.4) is 0 Å². The fraction of sp³-hybridized carbons (Fsp3) is 0.619. The highest BCUT2D eigenvalue weighted by Gasteiger charge is 2.18. The normalized spacial score (nSPS) is 19.0. The van der Waals surface area contributed by atoms with Gasteiger partial charge >= 0.3 is 0 Å². The number of hydrogen-bond donors (Lipinski definition) is 1. The van der Waals surface area contributed by atoms with Gasteiger partial charge in [-0.1, -0.05) is 32.1 Å². The van der Waals surface area contributed by atoms with Crippen molar-refractivity contribution >= 4 is 22.7 Å². The lowest BCUT2D eigenvalue weighted by Gasteiger charge is -2.20.